The standard InChI is InChI=1S/C18H23N3O3S2/c1-2-11-21-15-9-8-14(26(19,23)24)12-16(15)25-18(21)20-17(22)10-7-13-5-3-4-6-13/h2,8-9,12-13H,1,3-7,10-11H2,(H2,19,23,24). The fourth-order valence-corrected chi connectivity index (χ4v) is 5.12. The van der Waals surface area contributed by atoms with E-state index in [1.807, 2.05) is 4.57 Å². The molecule has 2 aromatic rings. The molecule has 0 aliphatic heterocycles. The lowest BCUT2D eigenvalue weighted by molar-refractivity contribution is -0.118. The van der Waals surface area contributed by atoms with Gasteiger partial charge in [0.2, 0.25) is 15.9 Å². The van der Waals surface area contributed by atoms with E-state index in [0.29, 0.717) is 23.7 Å². The molecule has 0 saturated heterocycles. The number of aromatic nitrogens is 1. The van der Waals surface area contributed by atoms with Crippen LogP contribution in [-0.2, 0) is 21.4 Å². The molecule has 1 amide bonds. The van der Waals surface area contributed by atoms with E-state index in [4.69, 9.17) is 5.14 Å². The van der Waals surface area contributed by atoms with Gasteiger partial charge in [-0.2, -0.15) is 4.99 Å². The molecule has 2 N–H and O–H groups in total. The molecule has 1 aromatic carbocycles. The van der Waals surface area contributed by atoms with Crippen molar-refractivity contribution >= 4 is 37.5 Å². The number of hydrogen-bond donors (Lipinski definition) is 1. The van der Waals surface area contributed by atoms with Crippen molar-refractivity contribution in [3.63, 3.8) is 0 Å². The Bertz CT molecular complexity index is 996. The Morgan fingerprint density at radius 2 is 2.12 bits per heavy atom. The minimum Gasteiger partial charge on any atom is -0.313 e. The maximum atomic E-state index is 12.3. The molecule has 1 heterocycles. The van der Waals surface area contributed by atoms with E-state index in [1.165, 1.54) is 49.2 Å². The van der Waals surface area contributed by atoms with Crippen LogP contribution in [0.4, 0.5) is 0 Å². The summed E-state index contributed by atoms with van der Waals surface area (Å²) < 4.78 is 25.7. The van der Waals surface area contributed by atoms with Gasteiger partial charge in [0.25, 0.3) is 0 Å². The Morgan fingerprint density at radius 3 is 2.77 bits per heavy atom. The van der Waals surface area contributed by atoms with Gasteiger partial charge in [-0.3, -0.25) is 4.79 Å². The van der Waals surface area contributed by atoms with Gasteiger partial charge in [-0.25, -0.2) is 13.6 Å². The number of nitrogens with two attached hydrogens (primary N) is 1. The molecule has 0 radical (unpaired) electrons. The first kappa shape index (κ1) is 19.0. The second kappa shape index (κ2) is 7.85. The van der Waals surface area contributed by atoms with E-state index in [0.717, 1.165) is 16.6 Å². The third-order valence-corrected chi connectivity index (χ3v) is 6.71. The zero-order chi connectivity index (χ0) is 18.7. The number of carbonyl (C=O) groups excluding carboxylic acids is 1. The fourth-order valence-electron chi connectivity index (χ4n) is 3.41. The van der Waals surface area contributed by atoms with Gasteiger partial charge < -0.3 is 4.57 Å². The summed E-state index contributed by atoms with van der Waals surface area (Å²) in [5.41, 5.74) is 0.810. The summed E-state index contributed by atoms with van der Waals surface area (Å²) in [4.78, 5) is 17.2. The van der Waals surface area contributed by atoms with E-state index >= 15 is 0 Å². The first-order chi connectivity index (χ1) is 12.4. The number of carbonyl (C=O) groups is 1. The minimum atomic E-state index is -3.77. The Kier molecular flexibility index (Phi) is 5.74. The molecule has 3 rings (SSSR count). The van der Waals surface area contributed by atoms with Crippen molar-refractivity contribution in [2.75, 3.05) is 0 Å². The first-order valence-electron chi connectivity index (χ1n) is 8.73. The van der Waals surface area contributed by atoms with Gasteiger partial charge >= 0.3 is 0 Å². The lowest BCUT2D eigenvalue weighted by atomic mass is 10.0. The monoisotopic (exact) mass is 393 g/mol. The van der Waals surface area contributed by atoms with Crippen molar-refractivity contribution in [2.24, 2.45) is 16.0 Å². The van der Waals surface area contributed by atoms with E-state index in [9.17, 15) is 13.2 Å². The van der Waals surface area contributed by atoms with E-state index in [-0.39, 0.29) is 10.8 Å². The number of nitrogens with zero attached hydrogens (tertiary/aromatic N) is 2. The zero-order valence-electron chi connectivity index (χ0n) is 14.6. The van der Waals surface area contributed by atoms with Gasteiger partial charge in [-0.05, 0) is 30.5 Å². The van der Waals surface area contributed by atoms with Gasteiger partial charge in [-0.1, -0.05) is 43.1 Å². The number of sulfonamides is 1. The van der Waals surface area contributed by atoms with Gasteiger partial charge in [0.15, 0.2) is 4.80 Å². The van der Waals surface area contributed by atoms with Crippen LogP contribution in [0.15, 0.2) is 40.7 Å². The van der Waals surface area contributed by atoms with E-state index in [1.54, 1.807) is 12.1 Å². The number of rotatable bonds is 6. The molecule has 1 fully saturated rings. The average molecular weight is 394 g/mol. The number of benzene rings is 1. The largest absolute Gasteiger partial charge is 0.313 e. The Labute approximate surface area is 157 Å². The number of fused-ring (bicyclic) bond motifs is 1. The second-order valence-electron chi connectivity index (χ2n) is 6.65. The predicted octanol–water partition coefficient (Wildman–Crippen LogP) is 2.93. The van der Waals surface area contributed by atoms with Crippen LogP contribution in [0, 0.1) is 5.92 Å². The summed E-state index contributed by atoms with van der Waals surface area (Å²) in [7, 11) is -3.77. The molecular formula is C18H23N3O3S2. The van der Waals surface area contributed by atoms with Gasteiger partial charge in [0, 0.05) is 13.0 Å². The number of amides is 1. The van der Waals surface area contributed by atoms with Crippen LogP contribution in [0.5, 0.6) is 0 Å². The molecule has 1 aromatic heterocycles. The Morgan fingerprint density at radius 1 is 1.38 bits per heavy atom. The summed E-state index contributed by atoms with van der Waals surface area (Å²) >= 11 is 1.29. The smallest absolute Gasteiger partial charge is 0.248 e. The fraction of sp³-hybridized carbons (Fsp3) is 0.444. The number of allylic oxidation sites excluding steroid dienone is 1. The van der Waals surface area contributed by atoms with Crippen LogP contribution in [-0.4, -0.2) is 18.9 Å². The summed E-state index contributed by atoms with van der Waals surface area (Å²) in [6, 6.07) is 4.68. The minimum absolute atomic E-state index is 0.0520. The number of primary sulfonamides is 1. The van der Waals surface area contributed by atoms with Gasteiger partial charge in [0.1, 0.15) is 0 Å². The summed E-state index contributed by atoms with van der Waals surface area (Å²) in [6.07, 6.45) is 8.02. The maximum Gasteiger partial charge on any atom is 0.248 e. The van der Waals surface area contributed by atoms with Crippen LogP contribution in [0.1, 0.15) is 38.5 Å². The number of thiazole rings is 1. The third kappa shape index (κ3) is 4.31. The highest BCUT2D eigenvalue weighted by Gasteiger charge is 2.16. The highest BCUT2D eigenvalue weighted by atomic mass is 32.2. The van der Waals surface area contributed by atoms with Crippen molar-refractivity contribution in [3.8, 4) is 0 Å². The topological polar surface area (TPSA) is 94.5 Å². The van der Waals surface area contributed by atoms with Gasteiger partial charge in [0.05, 0.1) is 15.1 Å². The quantitative estimate of drug-likeness (QED) is 0.765. The lowest BCUT2D eigenvalue weighted by Crippen LogP contribution is -2.16. The molecule has 1 aliphatic rings. The molecule has 140 valence electrons. The molecule has 1 saturated carbocycles. The summed E-state index contributed by atoms with van der Waals surface area (Å²) in [5.74, 6) is 0.516. The van der Waals surface area contributed by atoms with Crippen LogP contribution in [0.3, 0.4) is 0 Å². The molecule has 8 heteroatoms. The molecule has 0 bridgehead atoms. The lowest BCUT2D eigenvalue weighted by Gasteiger charge is -2.05. The predicted molar refractivity (Wildman–Crippen MR) is 103 cm³/mol. The molecule has 0 atom stereocenters. The SMILES string of the molecule is C=CCn1c(=NC(=O)CCC2CCCC2)sc2cc(S(N)(=O)=O)ccc21. The van der Waals surface area contributed by atoms with Crippen molar-refractivity contribution in [2.45, 2.75) is 50.0 Å². The average Bonchev–Trinajstić information content (AvgIpc) is 3.20. The summed E-state index contributed by atoms with van der Waals surface area (Å²) in [6.45, 7) is 4.24. The second-order valence-corrected chi connectivity index (χ2v) is 9.22. The van der Waals surface area contributed by atoms with Crippen molar-refractivity contribution in [1.29, 1.82) is 0 Å². The molecule has 0 unspecified atom stereocenters. The normalized spacial score (nSPS) is 16.4. The summed E-state index contributed by atoms with van der Waals surface area (Å²) in [5, 5.41) is 5.21. The van der Waals surface area contributed by atoms with Crippen LogP contribution in [0.25, 0.3) is 10.2 Å². The van der Waals surface area contributed by atoms with Crippen molar-refractivity contribution < 1.29 is 13.2 Å². The van der Waals surface area contributed by atoms with Crippen LogP contribution >= 0.6 is 11.3 Å². The Balaban J connectivity index is 1.93. The molecule has 6 nitrogen and oxygen atoms in total. The molecular weight excluding hydrogens is 370 g/mol. The number of hydrogen-bond acceptors (Lipinski definition) is 4. The van der Waals surface area contributed by atoms with E-state index < -0.39 is 10.0 Å². The van der Waals surface area contributed by atoms with Crippen LogP contribution in [0.2, 0.25) is 0 Å². The zero-order valence-corrected chi connectivity index (χ0v) is 16.2. The third-order valence-electron chi connectivity index (χ3n) is 4.76. The maximum absolute atomic E-state index is 12.3. The molecule has 1 aliphatic carbocycles. The van der Waals surface area contributed by atoms with Crippen LogP contribution < -0.4 is 9.94 Å². The molecule has 26 heavy (non-hydrogen) atoms. The first-order valence-corrected chi connectivity index (χ1v) is 11.1. The highest BCUT2D eigenvalue weighted by Crippen LogP contribution is 2.28. The van der Waals surface area contributed by atoms with Crippen molar-refractivity contribution in [1.82, 2.24) is 4.57 Å². The highest BCUT2D eigenvalue weighted by molar-refractivity contribution is 7.89. The van der Waals surface area contributed by atoms with E-state index in [2.05, 4.69) is 11.6 Å². The van der Waals surface area contributed by atoms with Crippen molar-refractivity contribution in [3.05, 3.63) is 35.7 Å². The Hall–Kier alpha value is -1.77. The molecule has 0 spiro atoms. The van der Waals surface area contributed by atoms with Gasteiger partial charge in [-0.15, -0.1) is 6.58 Å².